The first-order valence-electron chi connectivity index (χ1n) is 6.84. The van der Waals surface area contributed by atoms with Crippen molar-refractivity contribution in [3.63, 3.8) is 0 Å². The largest absolute Gasteiger partial charge is 0.479 e. The number of ketones is 1. The Labute approximate surface area is 119 Å². The number of fused-ring (bicyclic) bond motifs is 2. The Balaban J connectivity index is 2.40. The number of allylic oxidation sites excluding steroid dienone is 2. The van der Waals surface area contributed by atoms with Gasteiger partial charge in [0.1, 0.15) is 0 Å². The molecule has 1 heterocycles. The van der Waals surface area contributed by atoms with E-state index in [1.807, 2.05) is 32.9 Å². The van der Waals surface area contributed by atoms with Gasteiger partial charge in [-0.2, -0.15) is 0 Å². The Hall–Kier alpha value is -2.09. The highest BCUT2D eigenvalue weighted by Crippen LogP contribution is 2.42. The van der Waals surface area contributed by atoms with E-state index in [1.165, 1.54) is 5.39 Å². The first kappa shape index (κ1) is 12.9. The van der Waals surface area contributed by atoms with E-state index in [0.717, 1.165) is 27.8 Å². The highest BCUT2D eigenvalue weighted by Gasteiger charge is 2.40. The molecule has 1 aliphatic heterocycles. The molecular formula is C18H18O2. The molecule has 2 heteroatoms. The van der Waals surface area contributed by atoms with E-state index >= 15 is 0 Å². The second kappa shape index (κ2) is 4.20. The monoisotopic (exact) mass is 266 g/mol. The molecule has 1 atom stereocenters. The molecular weight excluding hydrogens is 248 g/mol. The van der Waals surface area contributed by atoms with E-state index in [4.69, 9.17) is 4.74 Å². The summed E-state index contributed by atoms with van der Waals surface area (Å²) in [6.45, 7) is 7.42. The molecule has 0 aromatic heterocycles. The molecule has 0 fully saturated rings. The third-order valence-corrected chi connectivity index (χ3v) is 4.36. The summed E-state index contributed by atoms with van der Waals surface area (Å²) in [6, 6.07) is 12.5. The van der Waals surface area contributed by atoms with Crippen LogP contribution in [0.25, 0.3) is 16.3 Å². The van der Waals surface area contributed by atoms with Crippen molar-refractivity contribution in [2.24, 2.45) is 0 Å². The molecule has 102 valence electrons. The van der Waals surface area contributed by atoms with Crippen molar-refractivity contribution < 1.29 is 9.53 Å². The van der Waals surface area contributed by atoms with Gasteiger partial charge in [0.2, 0.25) is 0 Å². The fourth-order valence-corrected chi connectivity index (χ4v) is 2.83. The second-order valence-corrected chi connectivity index (χ2v) is 5.62. The number of Topliss-reactive ketones (excluding diaryl/α,β-unsaturated/α-hetero) is 1. The number of ether oxygens (including phenoxy) is 1. The van der Waals surface area contributed by atoms with Crippen LogP contribution in [0, 0.1) is 0 Å². The maximum Gasteiger partial charge on any atom is 0.189 e. The van der Waals surface area contributed by atoms with Crippen LogP contribution in [-0.2, 0) is 15.1 Å². The van der Waals surface area contributed by atoms with Crippen LogP contribution in [0.5, 0.6) is 0 Å². The fraction of sp³-hybridized carbons (Fsp3) is 0.278. The van der Waals surface area contributed by atoms with Crippen LogP contribution < -0.4 is 0 Å². The summed E-state index contributed by atoms with van der Waals surface area (Å²) in [6.07, 6.45) is 0. The zero-order valence-corrected chi connectivity index (χ0v) is 12.3. The lowest BCUT2D eigenvalue weighted by molar-refractivity contribution is -0.136. The Kier molecular flexibility index (Phi) is 2.72. The van der Waals surface area contributed by atoms with Crippen LogP contribution >= 0.6 is 0 Å². The highest BCUT2D eigenvalue weighted by molar-refractivity contribution is 5.94. The molecule has 0 aliphatic carbocycles. The topological polar surface area (TPSA) is 26.3 Å². The van der Waals surface area contributed by atoms with E-state index < -0.39 is 5.60 Å². The van der Waals surface area contributed by atoms with Crippen LogP contribution in [-0.4, -0.2) is 5.78 Å². The average Bonchev–Trinajstić information content (AvgIpc) is 2.43. The lowest BCUT2D eigenvalue weighted by Crippen LogP contribution is -2.36. The molecule has 1 aliphatic rings. The lowest BCUT2D eigenvalue weighted by Gasteiger charge is -2.36. The predicted molar refractivity (Wildman–Crippen MR) is 81.3 cm³/mol. The third-order valence-electron chi connectivity index (χ3n) is 4.36. The van der Waals surface area contributed by atoms with Crippen molar-refractivity contribution in [2.75, 3.05) is 0 Å². The number of hydrogen-bond acceptors (Lipinski definition) is 2. The number of benzene rings is 2. The van der Waals surface area contributed by atoms with Crippen molar-refractivity contribution in [2.45, 2.75) is 33.3 Å². The predicted octanol–water partition coefficient (Wildman–Crippen LogP) is 4.43. The summed E-state index contributed by atoms with van der Waals surface area (Å²) >= 11 is 0. The third kappa shape index (κ3) is 1.68. The van der Waals surface area contributed by atoms with Gasteiger partial charge in [0.15, 0.2) is 11.4 Å². The molecule has 20 heavy (non-hydrogen) atoms. The van der Waals surface area contributed by atoms with E-state index in [2.05, 4.69) is 24.3 Å². The summed E-state index contributed by atoms with van der Waals surface area (Å²) in [5, 5.41) is 2.32. The number of hydrogen-bond donors (Lipinski definition) is 0. The van der Waals surface area contributed by atoms with Crippen LogP contribution in [0.15, 0.2) is 42.2 Å². The summed E-state index contributed by atoms with van der Waals surface area (Å²) in [5.41, 5.74) is 2.30. The first-order chi connectivity index (χ1) is 9.43. The van der Waals surface area contributed by atoms with Gasteiger partial charge in [-0.1, -0.05) is 24.3 Å². The normalized spacial score (nSPS) is 21.6. The zero-order valence-electron chi connectivity index (χ0n) is 12.3. The lowest BCUT2D eigenvalue weighted by atomic mass is 9.82. The standard InChI is InChI=1S/C18H18O2/c1-11-12(2)20-18(4,13(3)19)17-10-15-8-6-5-7-14(15)9-16(11)17/h5-10H,1-4H3. The Bertz CT molecular complexity index is 755. The molecule has 3 rings (SSSR count). The molecule has 1 unspecified atom stereocenters. The smallest absolute Gasteiger partial charge is 0.189 e. The number of rotatable bonds is 1. The molecule has 0 saturated heterocycles. The van der Waals surface area contributed by atoms with Gasteiger partial charge in [0, 0.05) is 5.56 Å². The maximum atomic E-state index is 12.1. The molecule has 0 N–H and O–H groups in total. The van der Waals surface area contributed by atoms with Crippen LogP contribution in [0.3, 0.4) is 0 Å². The van der Waals surface area contributed by atoms with Gasteiger partial charge in [0.05, 0.1) is 5.76 Å². The van der Waals surface area contributed by atoms with Gasteiger partial charge in [-0.15, -0.1) is 0 Å². The summed E-state index contributed by atoms with van der Waals surface area (Å²) in [4.78, 5) is 12.1. The molecule has 0 saturated carbocycles. The SMILES string of the molecule is CC(=O)C1(C)OC(C)=C(C)c2cc3ccccc3cc21. The van der Waals surface area contributed by atoms with Crippen molar-refractivity contribution >= 4 is 22.1 Å². The molecule has 2 aromatic rings. The van der Waals surface area contributed by atoms with E-state index in [-0.39, 0.29) is 5.78 Å². The highest BCUT2D eigenvalue weighted by atomic mass is 16.5. The minimum atomic E-state index is -0.886. The summed E-state index contributed by atoms with van der Waals surface area (Å²) in [7, 11) is 0. The van der Waals surface area contributed by atoms with Gasteiger partial charge < -0.3 is 4.74 Å². The fourth-order valence-electron chi connectivity index (χ4n) is 2.83. The molecule has 0 spiro atoms. The van der Waals surface area contributed by atoms with Crippen molar-refractivity contribution in [1.82, 2.24) is 0 Å². The zero-order chi connectivity index (χ0) is 14.5. The van der Waals surface area contributed by atoms with E-state index in [1.54, 1.807) is 6.92 Å². The molecule has 0 bridgehead atoms. The number of carbonyl (C=O) groups is 1. The van der Waals surface area contributed by atoms with Gasteiger partial charge in [-0.3, -0.25) is 4.79 Å². The minimum absolute atomic E-state index is 0.0286. The van der Waals surface area contributed by atoms with Gasteiger partial charge in [-0.05, 0) is 61.7 Å². The minimum Gasteiger partial charge on any atom is -0.479 e. The van der Waals surface area contributed by atoms with Crippen molar-refractivity contribution in [3.8, 4) is 0 Å². The Morgan fingerprint density at radius 3 is 2.30 bits per heavy atom. The maximum absolute atomic E-state index is 12.1. The van der Waals surface area contributed by atoms with Gasteiger partial charge in [-0.25, -0.2) is 0 Å². The van der Waals surface area contributed by atoms with Crippen LogP contribution in [0.1, 0.15) is 38.8 Å². The van der Waals surface area contributed by atoms with Gasteiger partial charge >= 0.3 is 0 Å². The summed E-state index contributed by atoms with van der Waals surface area (Å²) in [5.74, 6) is 0.853. The quantitative estimate of drug-likeness (QED) is 0.763. The van der Waals surface area contributed by atoms with Crippen molar-refractivity contribution in [1.29, 1.82) is 0 Å². The average molecular weight is 266 g/mol. The first-order valence-corrected chi connectivity index (χ1v) is 6.84. The molecule has 2 nitrogen and oxygen atoms in total. The van der Waals surface area contributed by atoms with Crippen molar-refractivity contribution in [3.05, 3.63) is 53.3 Å². The Morgan fingerprint density at radius 1 is 1.10 bits per heavy atom. The van der Waals surface area contributed by atoms with Gasteiger partial charge in [0.25, 0.3) is 0 Å². The van der Waals surface area contributed by atoms with Crippen LogP contribution in [0.4, 0.5) is 0 Å². The van der Waals surface area contributed by atoms with E-state index in [9.17, 15) is 4.79 Å². The number of carbonyl (C=O) groups excluding carboxylic acids is 1. The second-order valence-electron chi connectivity index (χ2n) is 5.62. The van der Waals surface area contributed by atoms with E-state index in [0.29, 0.717) is 0 Å². The molecule has 2 aromatic carbocycles. The van der Waals surface area contributed by atoms with Crippen LogP contribution in [0.2, 0.25) is 0 Å². The molecule has 0 radical (unpaired) electrons. The summed E-state index contributed by atoms with van der Waals surface area (Å²) < 4.78 is 5.95. The molecule has 0 amide bonds. The Morgan fingerprint density at radius 2 is 1.70 bits per heavy atom.